The summed E-state index contributed by atoms with van der Waals surface area (Å²) >= 11 is 0. The van der Waals surface area contributed by atoms with E-state index in [1.165, 1.54) is 6.42 Å². The number of nitrogens with zero attached hydrogens (tertiary/aromatic N) is 1. The van der Waals surface area contributed by atoms with E-state index in [-0.39, 0.29) is 5.91 Å². The molecule has 0 saturated carbocycles. The number of hydrogen-bond donors (Lipinski definition) is 2. The highest BCUT2D eigenvalue weighted by molar-refractivity contribution is 5.81. The highest BCUT2D eigenvalue weighted by Crippen LogP contribution is 2.15. The van der Waals surface area contributed by atoms with Crippen molar-refractivity contribution in [3.63, 3.8) is 0 Å². The zero-order valence-electron chi connectivity index (χ0n) is 13.3. The zero-order valence-corrected chi connectivity index (χ0v) is 13.3. The maximum atomic E-state index is 12.1. The molecule has 0 bridgehead atoms. The van der Waals surface area contributed by atoms with E-state index in [0.29, 0.717) is 19.0 Å². The first-order valence-corrected chi connectivity index (χ1v) is 8.01. The van der Waals surface area contributed by atoms with Gasteiger partial charge in [-0.1, -0.05) is 30.3 Å². The SMILES string of the molecule is COCCN1CCCC1CNC(=O)C(N)Cc1ccccc1. The second-order valence-electron chi connectivity index (χ2n) is 5.87. The third-order valence-electron chi connectivity index (χ3n) is 4.23. The van der Waals surface area contributed by atoms with Crippen molar-refractivity contribution in [2.24, 2.45) is 5.73 Å². The number of ether oxygens (including phenoxy) is 1. The van der Waals surface area contributed by atoms with E-state index in [9.17, 15) is 4.79 Å². The van der Waals surface area contributed by atoms with Gasteiger partial charge in [-0.15, -0.1) is 0 Å². The van der Waals surface area contributed by atoms with E-state index in [2.05, 4.69) is 10.2 Å². The normalized spacial score (nSPS) is 20.0. The summed E-state index contributed by atoms with van der Waals surface area (Å²) in [6, 6.07) is 9.80. The first kappa shape index (κ1) is 16.9. The molecule has 3 N–H and O–H groups in total. The van der Waals surface area contributed by atoms with Crippen LogP contribution in [0.3, 0.4) is 0 Å². The van der Waals surface area contributed by atoms with Gasteiger partial charge in [0.05, 0.1) is 12.6 Å². The molecule has 1 fully saturated rings. The second kappa shape index (κ2) is 8.88. The standard InChI is InChI=1S/C17H27N3O2/c1-22-11-10-20-9-5-8-15(20)13-19-17(21)16(18)12-14-6-3-2-4-7-14/h2-4,6-7,15-16H,5,8-13,18H2,1H3,(H,19,21). The van der Waals surface area contributed by atoms with Crippen LogP contribution in [0.2, 0.25) is 0 Å². The van der Waals surface area contributed by atoms with Crippen LogP contribution in [0.5, 0.6) is 0 Å². The lowest BCUT2D eigenvalue weighted by Crippen LogP contribution is -2.47. The molecule has 5 nitrogen and oxygen atoms in total. The minimum absolute atomic E-state index is 0.0672. The third kappa shape index (κ3) is 5.09. The molecule has 0 radical (unpaired) electrons. The van der Waals surface area contributed by atoms with E-state index in [0.717, 1.165) is 31.7 Å². The van der Waals surface area contributed by atoms with Crippen LogP contribution in [-0.4, -0.2) is 56.2 Å². The molecule has 1 amide bonds. The third-order valence-corrected chi connectivity index (χ3v) is 4.23. The summed E-state index contributed by atoms with van der Waals surface area (Å²) in [7, 11) is 1.72. The summed E-state index contributed by atoms with van der Waals surface area (Å²) in [6.45, 7) is 3.41. The molecule has 22 heavy (non-hydrogen) atoms. The highest BCUT2D eigenvalue weighted by atomic mass is 16.5. The molecule has 0 aliphatic carbocycles. The lowest BCUT2D eigenvalue weighted by atomic mass is 10.1. The number of benzene rings is 1. The number of likely N-dealkylation sites (tertiary alicyclic amines) is 1. The van der Waals surface area contributed by atoms with E-state index >= 15 is 0 Å². The monoisotopic (exact) mass is 305 g/mol. The number of hydrogen-bond acceptors (Lipinski definition) is 4. The quantitative estimate of drug-likeness (QED) is 0.745. The summed E-state index contributed by atoms with van der Waals surface area (Å²) in [6.07, 6.45) is 2.88. The molecule has 5 heteroatoms. The predicted molar refractivity (Wildman–Crippen MR) is 87.6 cm³/mol. The predicted octanol–water partition coefficient (Wildman–Crippen LogP) is 0.783. The lowest BCUT2D eigenvalue weighted by molar-refractivity contribution is -0.122. The Kier molecular flexibility index (Phi) is 6.83. The van der Waals surface area contributed by atoms with Crippen molar-refractivity contribution < 1.29 is 9.53 Å². The first-order chi connectivity index (χ1) is 10.7. The smallest absolute Gasteiger partial charge is 0.237 e. The minimum Gasteiger partial charge on any atom is -0.383 e. The fourth-order valence-electron chi connectivity index (χ4n) is 2.94. The van der Waals surface area contributed by atoms with Crippen LogP contribution < -0.4 is 11.1 Å². The Hall–Kier alpha value is -1.43. The number of rotatable bonds is 8. The minimum atomic E-state index is -0.490. The van der Waals surface area contributed by atoms with Gasteiger partial charge in [-0.2, -0.15) is 0 Å². The van der Waals surface area contributed by atoms with Gasteiger partial charge in [-0.25, -0.2) is 0 Å². The number of nitrogens with two attached hydrogens (primary N) is 1. The van der Waals surface area contributed by atoms with E-state index < -0.39 is 6.04 Å². The Morgan fingerprint density at radius 3 is 2.95 bits per heavy atom. The van der Waals surface area contributed by atoms with E-state index in [1.54, 1.807) is 7.11 Å². The summed E-state index contributed by atoms with van der Waals surface area (Å²) in [5.74, 6) is -0.0672. The Bertz CT molecular complexity index is 452. The molecule has 0 aromatic heterocycles. The molecule has 2 unspecified atom stereocenters. The molecule has 1 heterocycles. The number of nitrogens with one attached hydrogen (secondary N) is 1. The van der Waals surface area contributed by atoms with Gasteiger partial charge in [0.15, 0.2) is 0 Å². The molecule has 2 rings (SSSR count). The summed E-state index contributed by atoms with van der Waals surface area (Å²) in [4.78, 5) is 14.5. The van der Waals surface area contributed by atoms with Crippen LogP contribution in [0.1, 0.15) is 18.4 Å². The van der Waals surface area contributed by atoms with Gasteiger partial charge in [0.2, 0.25) is 5.91 Å². The second-order valence-corrected chi connectivity index (χ2v) is 5.87. The Balaban J connectivity index is 1.74. The average Bonchev–Trinajstić information content (AvgIpc) is 2.98. The number of methoxy groups -OCH3 is 1. The summed E-state index contributed by atoms with van der Waals surface area (Å²) < 4.78 is 5.13. The molecule has 1 saturated heterocycles. The molecule has 1 aliphatic rings. The van der Waals surface area contributed by atoms with Crippen LogP contribution in [0, 0.1) is 0 Å². The molecular formula is C17H27N3O2. The van der Waals surface area contributed by atoms with E-state index in [1.807, 2.05) is 30.3 Å². The number of carbonyl (C=O) groups is 1. The number of amides is 1. The van der Waals surface area contributed by atoms with Crippen molar-refractivity contribution in [2.45, 2.75) is 31.3 Å². The maximum absolute atomic E-state index is 12.1. The first-order valence-electron chi connectivity index (χ1n) is 8.01. The maximum Gasteiger partial charge on any atom is 0.237 e. The molecule has 1 aliphatic heterocycles. The molecule has 1 aromatic carbocycles. The molecule has 1 aromatic rings. The van der Waals surface area contributed by atoms with Gasteiger partial charge in [0.1, 0.15) is 0 Å². The average molecular weight is 305 g/mol. The number of carbonyl (C=O) groups excluding carboxylic acids is 1. The van der Waals surface area contributed by atoms with Crippen LogP contribution in [-0.2, 0) is 16.0 Å². The van der Waals surface area contributed by atoms with Crippen molar-refractivity contribution in [2.75, 3.05) is 33.4 Å². The zero-order chi connectivity index (χ0) is 15.8. The Labute approximate surface area is 132 Å². The van der Waals surface area contributed by atoms with Crippen molar-refractivity contribution in [1.82, 2.24) is 10.2 Å². The summed E-state index contributed by atoms with van der Waals surface area (Å²) in [5.41, 5.74) is 7.09. The van der Waals surface area contributed by atoms with Crippen LogP contribution in [0.4, 0.5) is 0 Å². The van der Waals surface area contributed by atoms with Crippen molar-refractivity contribution >= 4 is 5.91 Å². The summed E-state index contributed by atoms with van der Waals surface area (Å²) in [5, 5.41) is 3.00. The van der Waals surface area contributed by atoms with E-state index in [4.69, 9.17) is 10.5 Å². The Morgan fingerprint density at radius 1 is 1.45 bits per heavy atom. The topological polar surface area (TPSA) is 67.6 Å². The largest absolute Gasteiger partial charge is 0.383 e. The van der Waals surface area contributed by atoms with Crippen molar-refractivity contribution in [3.05, 3.63) is 35.9 Å². The van der Waals surface area contributed by atoms with Crippen LogP contribution >= 0.6 is 0 Å². The molecular weight excluding hydrogens is 278 g/mol. The van der Waals surface area contributed by atoms with Crippen LogP contribution in [0.15, 0.2) is 30.3 Å². The fourth-order valence-corrected chi connectivity index (χ4v) is 2.94. The van der Waals surface area contributed by atoms with Gasteiger partial charge in [-0.3, -0.25) is 9.69 Å². The van der Waals surface area contributed by atoms with Crippen molar-refractivity contribution in [1.29, 1.82) is 0 Å². The lowest BCUT2D eigenvalue weighted by Gasteiger charge is -2.25. The van der Waals surface area contributed by atoms with Gasteiger partial charge in [-0.05, 0) is 31.4 Å². The highest BCUT2D eigenvalue weighted by Gasteiger charge is 2.25. The van der Waals surface area contributed by atoms with Gasteiger partial charge >= 0.3 is 0 Å². The molecule has 0 spiro atoms. The van der Waals surface area contributed by atoms with Crippen LogP contribution in [0.25, 0.3) is 0 Å². The van der Waals surface area contributed by atoms with Gasteiger partial charge < -0.3 is 15.8 Å². The van der Waals surface area contributed by atoms with Crippen molar-refractivity contribution in [3.8, 4) is 0 Å². The molecule has 2 atom stereocenters. The van der Waals surface area contributed by atoms with Gasteiger partial charge in [0.25, 0.3) is 0 Å². The Morgan fingerprint density at radius 2 is 2.23 bits per heavy atom. The molecule has 122 valence electrons. The van der Waals surface area contributed by atoms with Gasteiger partial charge in [0, 0.05) is 26.2 Å². The fraction of sp³-hybridized carbons (Fsp3) is 0.588.